The van der Waals surface area contributed by atoms with Crippen molar-refractivity contribution in [1.29, 1.82) is 0 Å². The summed E-state index contributed by atoms with van der Waals surface area (Å²) in [6.07, 6.45) is 7.78. The van der Waals surface area contributed by atoms with Gasteiger partial charge < -0.3 is 10.1 Å². The van der Waals surface area contributed by atoms with Gasteiger partial charge in [0.25, 0.3) is 0 Å². The van der Waals surface area contributed by atoms with E-state index < -0.39 is 0 Å². The van der Waals surface area contributed by atoms with Gasteiger partial charge in [-0.3, -0.25) is 0 Å². The number of nitrogens with one attached hydrogen (secondary N) is 1. The molecule has 16 heavy (non-hydrogen) atoms. The average Bonchev–Trinajstić information content (AvgIpc) is 2.25. The van der Waals surface area contributed by atoms with Crippen molar-refractivity contribution in [2.24, 2.45) is 0 Å². The van der Waals surface area contributed by atoms with Crippen LogP contribution in [0.2, 0.25) is 0 Å². The van der Waals surface area contributed by atoms with Crippen LogP contribution in [0.3, 0.4) is 0 Å². The van der Waals surface area contributed by atoms with E-state index in [-0.39, 0.29) is 5.60 Å². The Morgan fingerprint density at radius 3 is 2.62 bits per heavy atom. The van der Waals surface area contributed by atoms with E-state index in [1.54, 1.807) is 7.11 Å². The van der Waals surface area contributed by atoms with Crippen molar-refractivity contribution in [2.45, 2.75) is 64.5 Å². The molecule has 0 saturated carbocycles. The summed E-state index contributed by atoms with van der Waals surface area (Å²) >= 11 is 0. The monoisotopic (exact) mass is 227 g/mol. The Balaban J connectivity index is 4.03. The normalized spacial score (nSPS) is 13.8. The number of methoxy groups -OCH3 is 1. The first kappa shape index (κ1) is 15.7. The van der Waals surface area contributed by atoms with Crippen LogP contribution < -0.4 is 5.32 Å². The van der Waals surface area contributed by atoms with Gasteiger partial charge >= 0.3 is 0 Å². The fraction of sp³-hybridized carbons (Fsp3) is 0.857. The summed E-state index contributed by atoms with van der Waals surface area (Å²) in [5.74, 6) is 0. The van der Waals surface area contributed by atoms with Crippen LogP contribution in [0.1, 0.15) is 52.9 Å². The Labute approximate surface area is 101 Å². The molecule has 0 aromatic rings. The van der Waals surface area contributed by atoms with Gasteiger partial charge in [0, 0.05) is 13.2 Å². The van der Waals surface area contributed by atoms with Crippen LogP contribution >= 0.6 is 0 Å². The Morgan fingerprint density at radius 2 is 2.12 bits per heavy atom. The van der Waals surface area contributed by atoms with Crippen LogP contribution in [0.5, 0.6) is 0 Å². The first-order valence-electron chi connectivity index (χ1n) is 6.45. The molecular formula is C14H29NO. The van der Waals surface area contributed by atoms with Crippen molar-refractivity contribution in [3.63, 3.8) is 0 Å². The van der Waals surface area contributed by atoms with Crippen molar-refractivity contribution in [2.75, 3.05) is 13.7 Å². The zero-order valence-electron chi connectivity index (χ0n) is 11.5. The molecule has 1 N–H and O–H groups in total. The molecule has 0 saturated heterocycles. The third kappa shape index (κ3) is 7.89. The lowest BCUT2D eigenvalue weighted by molar-refractivity contribution is 0.00627. The van der Waals surface area contributed by atoms with Gasteiger partial charge in [-0.1, -0.05) is 13.0 Å². The fourth-order valence-corrected chi connectivity index (χ4v) is 1.81. The SMILES string of the molecule is C=CCCCC(CC(C)(C)OC)NCCC. The molecule has 0 radical (unpaired) electrons. The Kier molecular flexibility index (Phi) is 8.58. The van der Waals surface area contributed by atoms with Crippen LogP contribution in [0.25, 0.3) is 0 Å². The first-order valence-corrected chi connectivity index (χ1v) is 6.45. The maximum Gasteiger partial charge on any atom is 0.0637 e. The predicted molar refractivity (Wildman–Crippen MR) is 71.8 cm³/mol. The van der Waals surface area contributed by atoms with Gasteiger partial charge in [-0.05, 0) is 52.5 Å². The topological polar surface area (TPSA) is 21.3 Å². The molecule has 0 bridgehead atoms. The Hall–Kier alpha value is -0.340. The molecule has 0 heterocycles. The highest BCUT2D eigenvalue weighted by Gasteiger charge is 2.21. The predicted octanol–water partition coefficient (Wildman–Crippen LogP) is 3.53. The van der Waals surface area contributed by atoms with Gasteiger partial charge in [0.05, 0.1) is 5.60 Å². The quantitative estimate of drug-likeness (QED) is 0.455. The van der Waals surface area contributed by atoms with Crippen molar-refractivity contribution in [1.82, 2.24) is 5.32 Å². The molecule has 0 amide bonds. The van der Waals surface area contributed by atoms with Crippen molar-refractivity contribution < 1.29 is 4.74 Å². The van der Waals surface area contributed by atoms with E-state index in [4.69, 9.17) is 4.74 Å². The van der Waals surface area contributed by atoms with Gasteiger partial charge in [-0.25, -0.2) is 0 Å². The summed E-state index contributed by atoms with van der Waals surface area (Å²) in [4.78, 5) is 0. The second-order valence-corrected chi connectivity index (χ2v) is 5.04. The molecule has 0 rings (SSSR count). The largest absolute Gasteiger partial charge is 0.379 e. The van der Waals surface area contributed by atoms with Gasteiger partial charge in [0.15, 0.2) is 0 Å². The summed E-state index contributed by atoms with van der Waals surface area (Å²) in [7, 11) is 1.79. The number of hydrogen-bond acceptors (Lipinski definition) is 2. The Bertz CT molecular complexity index is 178. The molecule has 0 aromatic carbocycles. The minimum absolute atomic E-state index is 0.0282. The van der Waals surface area contributed by atoms with Crippen LogP contribution in [0.15, 0.2) is 12.7 Å². The zero-order valence-corrected chi connectivity index (χ0v) is 11.5. The maximum absolute atomic E-state index is 5.49. The molecule has 0 aliphatic rings. The summed E-state index contributed by atoms with van der Waals surface area (Å²) < 4.78 is 5.49. The highest BCUT2D eigenvalue weighted by Crippen LogP contribution is 2.18. The third-order valence-corrected chi connectivity index (χ3v) is 2.93. The van der Waals surface area contributed by atoms with Crippen LogP contribution in [-0.2, 0) is 4.74 Å². The van der Waals surface area contributed by atoms with E-state index >= 15 is 0 Å². The third-order valence-electron chi connectivity index (χ3n) is 2.93. The molecule has 0 fully saturated rings. The smallest absolute Gasteiger partial charge is 0.0637 e. The molecule has 1 atom stereocenters. The van der Waals surface area contributed by atoms with Crippen molar-refractivity contribution in [3.05, 3.63) is 12.7 Å². The average molecular weight is 227 g/mol. The molecule has 0 aliphatic heterocycles. The fourth-order valence-electron chi connectivity index (χ4n) is 1.81. The number of rotatable bonds is 10. The minimum Gasteiger partial charge on any atom is -0.379 e. The highest BCUT2D eigenvalue weighted by atomic mass is 16.5. The number of ether oxygens (including phenoxy) is 1. The summed E-state index contributed by atoms with van der Waals surface area (Å²) in [5, 5.41) is 3.60. The van der Waals surface area contributed by atoms with Crippen molar-refractivity contribution >= 4 is 0 Å². The minimum atomic E-state index is -0.0282. The molecule has 0 aliphatic carbocycles. The molecular weight excluding hydrogens is 198 g/mol. The second-order valence-electron chi connectivity index (χ2n) is 5.04. The zero-order chi connectivity index (χ0) is 12.4. The van der Waals surface area contributed by atoms with E-state index in [1.807, 2.05) is 6.08 Å². The van der Waals surface area contributed by atoms with Gasteiger partial charge in [-0.2, -0.15) is 0 Å². The van der Waals surface area contributed by atoms with Crippen LogP contribution in [0, 0.1) is 0 Å². The molecule has 96 valence electrons. The Morgan fingerprint density at radius 1 is 1.44 bits per heavy atom. The van der Waals surface area contributed by atoms with Gasteiger partial charge in [-0.15, -0.1) is 6.58 Å². The summed E-state index contributed by atoms with van der Waals surface area (Å²) in [6, 6.07) is 0.565. The number of unbranched alkanes of at least 4 members (excludes halogenated alkanes) is 1. The van der Waals surface area contributed by atoms with Crippen LogP contribution in [-0.4, -0.2) is 25.3 Å². The lowest BCUT2D eigenvalue weighted by atomic mass is 9.95. The van der Waals surface area contributed by atoms with E-state index in [9.17, 15) is 0 Å². The lowest BCUT2D eigenvalue weighted by Gasteiger charge is -2.29. The summed E-state index contributed by atoms with van der Waals surface area (Å²) in [5.41, 5.74) is -0.0282. The van der Waals surface area contributed by atoms with E-state index in [0.717, 1.165) is 19.4 Å². The standard InChI is InChI=1S/C14H29NO/c1-6-8-9-10-13(15-11-7-2)12-14(3,4)16-5/h6,13,15H,1,7-12H2,2-5H3. The molecule has 0 aromatic heterocycles. The van der Waals surface area contributed by atoms with E-state index in [2.05, 4.69) is 32.7 Å². The van der Waals surface area contributed by atoms with Gasteiger partial charge in [0.1, 0.15) is 0 Å². The number of hydrogen-bond donors (Lipinski definition) is 1. The molecule has 2 heteroatoms. The van der Waals surface area contributed by atoms with Crippen molar-refractivity contribution in [3.8, 4) is 0 Å². The first-order chi connectivity index (χ1) is 7.55. The molecule has 2 nitrogen and oxygen atoms in total. The van der Waals surface area contributed by atoms with Gasteiger partial charge in [0.2, 0.25) is 0 Å². The van der Waals surface area contributed by atoms with E-state index in [0.29, 0.717) is 6.04 Å². The van der Waals surface area contributed by atoms with Crippen LogP contribution in [0.4, 0.5) is 0 Å². The highest BCUT2D eigenvalue weighted by molar-refractivity contribution is 4.79. The van der Waals surface area contributed by atoms with E-state index in [1.165, 1.54) is 19.3 Å². The summed E-state index contributed by atoms with van der Waals surface area (Å²) in [6.45, 7) is 11.4. The molecule has 0 spiro atoms. The number of allylic oxidation sites excluding steroid dienone is 1. The lowest BCUT2D eigenvalue weighted by Crippen LogP contribution is -2.38. The maximum atomic E-state index is 5.49. The second kappa shape index (κ2) is 8.77. The molecule has 1 unspecified atom stereocenters.